The van der Waals surface area contributed by atoms with Gasteiger partial charge in [-0.2, -0.15) is 13.2 Å². The van der Waals surface area contributed by atoms with Crippen LogP contribution >= 0.6 is 0 Å². The zero-order valence-electron chi connectivity index (χ0n) is 13.8. The molecule has 0 radical (unpaired) electrons. The molecular formula is C18H21F3N2O2. The summed E-state index contributed by atoms with van der Waals surface area (Å²) in [6.07, 6.45) is -0.399. The van der Waals surface area contributed by atoms with Crippen LogP contribution in [0.1, 0.15) is 36.8 Å². The number of alkyl halides is 3. The standard InChI is InChI=1S/C18H21F3N2O2/c19-18(20,21)13-5-3-4-12(8-13)9-22-10-15-16(11-22)25-17(24)23(15)14-6-1-2-7-14/h3-5,8,14-16H,1-2,6-7,9-11H2/t15-,16+/m0/s1. The van der Waals surface area contributed by atoms with Crippen molar-refractivity contribution < 1.29 is 22.7 Å². The number of rotatable bonds is 3. The molecule has 2 heterocycles. The smallest absolute Gasteiger partial charge is 0.416 e. The van der Waals surface area contributed by atoms with Crippen molar-refractivity contribution in [1.82, 2.24) is 9.80 Å². The van der Waals surface area contributed by atoms with Crippen LogP contribution in [0.4, 0.5) is 18.0 Å². The maximum atomic E-state index is 12.9. The van der Waals surface area contributed by atoms with E-state index in [4.69, 9.17) is 4.74 Å². The number of carbonyl (C=O) groups is 1. The molecule has 0 unspecified atom stereocenters. The van der Waals surface area contributed by atoms with Crippen LogP contribution in [-0.4, -0.2) is 47.2 Å². The van der Waals surface area contributed by atoms with E-state index >= 15 is 0 Å². The molecule has 3 aliphatic rings. The first-order chi connectivity index (χ1) is 11.9. The number of hydrogen-bond donors (Lipinski definition) is 0. The average molecular weight is 354 g/mol. The van der Waals surface area contributed by atoms with E-state index in [1.807, 2.05) is 4.90 Å². The molecule has 7 heteroatoms. The first-order valence-corrected chi connectivity index (χ1v) is 8.79. The molecule has 1 aromatic carbocycles. The molecule has 3 fully saturated rings. The van der Waals surface area contributed by atoms with Crippen molar-refractivity contribution in [3.8, 4) is 0 Å². The van der Waals surface area contributed by atoms with Crippen molar-refractivity contribution in [2.24, 2.45) is 0 Å². The fourth-order valence-corrected chi connectivity index (χ4v) is 4.38. The van der Waals surface area contributed by atoms with Crippen LogP contribution in [0, 0.1) is 0 Å². The summed E-state index contributed by atoms with van der Waals surface area (Å²) in [4.78, 5) is 16.1. The quantitative estimate of drug-likeness (QED) is 0.831. The van der Waals surface area contributed by atoms with Crippen molar-refractivity contribution in [1.29, 1.82) is 0 Å². The minimum atomic E-state index is -4.33. The number of benzene rings is 1. The van der Waals surface area contributed by atoms with Crippen LogP contribution < -0.4 is 0 Å². The summed E-state index contributed by atoms with van der Waals surface area (Å²) in [5, 5.41) is 0. The first kappa shape index (κ1) is 16.7. The van der Waals surface area contributed by atoms with Gasteiger partial charge < -0.3 is 4.74 Å². The molecule has 4 rings (SSSR count). The minimum Gasteiger partial charge on any atom is -0.442 e. The van der Waals surface area contributed by atoms with Crippen LogP contribution in [0.5, 0.6) is 0 Å². The molecule has 4 nitrogen and oxygen atoms in total. The fraction of sp³-hybridized carbons (Fsp3) is 0.611. The lowest BCUT2D eigenvalue weighted by Gasteiger charge is -2.27. The number of amides is 1. The Bertz CT molecular complexity index is 658. The van der Waals surface area contributed by atoms with Crippen molar-refractivity contribution in [2.75, 3.05) is 13.1 Å². The molecule has 0 aromatic heterocycles. The summed E-state index contributed by atoms with van der Waals surface area (Å²) in [5.41, 5.74) is 0.0111. The monoisotopic (exact) mass is 354 g/mol. The third kappa shape index (κ3) is 3.21. The number of ether oxygens (including phenoxy) is 1. The van der Waals surface area contributed by atoms with E-state index in [9.17, 15) is 18.0 Å². The van der Waals surface area contributed by atoms with Gasteiger partial charge in [0.05, 0.1) is 11.6 Å². The number of nitrogens with zero attached hydrogens (tertiary/aromatic N) is 2. The Morgan fingerprint density at radius 2 is 1.92 bits per heavy atom. The van der Waals surface area contributed by atoms with E-state index in [-0.39, 0.29) is 24.3 Å². The maximum Gasteiger partial charge on any atom is 0.416 e. The highest BCUT2D eigenvalue weighted by molar-refractivity contribution is 5.71. The molecule has 0 bridgehead atoms. The van der Waals surface area contributed by atoms with Gasteiger partial charge in [-0.05, 0) is 24.5 Å². The van der Waals surface area contributed by atoms with Crippen molar-refractivity contribution in [3.63, 3.8) is 0 Å². The van der Waals surface area contributed by atoms with E-state index in [0.29, 0.717) is 25.2 Å². The molecule has 2 saturated heterocycles. The molecule has 25 heavy (non-hydrogen) atoms. The Hall–Kier alpha value is -1.76. The van der Waals surface area contributed by atoms with E-state index < -0.39 is 11.7 Å². The second kappa shape index (κ2) is 6.20. The van der Waals surface area contributed by atoms with Gasteiger partial charge in [0.25, 0.3) is 0 Å². The third-order valence-corrected chi connectivity index (χ3v) is 5.51. The zero-order valence-corrected chi connectivity index (χ0v) is 13.8. The fourth-order valence-electron chi connectivity index (χ4n) is 4.38. The SMILES string of the molecule is O=C1O[C@@H]2CN(Cc3cccc(C(F)(F)F)c3)C[C@@H]2N1C1CCCC1. The summed E-state index contributed by atoms with van der Waals surface area (Å²) >= 11 is 0. The van der Waals surface area contributed by atoms with Gasteiger partial charge in [0.2, 0.25) is 0 Å². The van der Waals surface area contributed by atoms with Crippen LogP contribution in [0.3, 0.4) is 0 Å². The molecule has 2 aliphatic heterocycles. The van der Waals surface area contributed by atoms with E-state index in [2.05, 4.69) is 4.90 Å². The Labute approximate surface area is 144 Å². The lowest BCUT2D eigenvalue weighted by atomic mass is 10.1. The van der Waals surface area contributed by atoms with E-state index in [1.54, 1.807) is 6.07 Å². The molecule has 0 N–H and O–H groups in total. The average Bonchev–Trinajstić information content (AvgIpc) is 3.23. The second-order valence-electron chi connectivity index (χ2n) is 7.23. The summed E-state index contributed by atoms with van der Waals surface area (Å²) in [5.74, 6) is 0. The minimum absolute atomic E-state index is 0.0291. The van der Waals surface area contributed by atoms with Crippen molar-refractivity contribution in [3.05, 3.63) is 35.4 Å². The summed E-state index contributed by atoms with van der Waals surface area (Å²) in [7, 11) is 0. The Balaban J connectivity index is 1.44. The van der Waals surface area contributed by atoms with E-state index in [0.717, 1.165) is 31.7 Å². The summed E-state index contributed by atoms with van der Waals surface area (Å²) in [6.45, 7) is 1.67. The maximum absolute atomic E-state index is 12.9. The highest BCUT2D eigenvalue weighted by atomic mass is 19.4. The van der Waals surface area contributed by atoms with Crippen molar-refractivity contribution >= 4 is 6.09 Å². The predicted molar refractivity (Wildman–Crippen MR) is 84.9 cm³/mol. The number of fused-ring (bicyclic) bond motifs is 1. The lowest BCUT2D eigenvalue weighted by Crippen LogP contribution is -2.43. The molecule has 0 spiro atoms. The van der Waals surface area contributed by atoms with Gasteiger partial charge in [-0.15, -0.1) is 0 Å². The van der Waals surface area contributed by atoms with Gasteiger partial charge in [0.1, 0.15) is 6.10 Å². The number of carbonyl (C=O) groups excluding carboxylic acids is 1. The molecular weight excluding hydrogens is 333 g/mol. The summed E-state index contributed by atoms with van der Waals surface area (Å²) in [6, 6.07) is 5.74. The Kier molecular flexibility index (Phi) is 4.14. The Morgan fingerprint density at radius 3 is 2.64 bits per heavy atom. The molecule has 136 valence electrons. The topological polar surface area (TPSA) is 32.8 Å². The zero-order chi connectivity index (χ0) is 17.6. The van der Waals surface area contributed by atoms with Crippen LogP contribution in [0.2, 0.25) is 0 Å². The van der Waals surface area contributed by atoms with Gasteiger partial charge in [-0.25, -0.2) is 4.79 Å². The predicted octanol–water partition coefficient (Wildman–Crippen LogP) is 3.65. The van der Waals surface area contributed by atoms with E-state index in [1.165, 1.54) is 12.1 Å². The number of hydrogen-bond acceptors (Lipinski definition) is 3. The molecule has 1 amide bonds. The highest BCUT2D eigenvalue weighted by Gasteiger charge is 2.50. The molecule has 2 atom stereocenters. The normalized spacial score (nSPS) is 27.8. The lowest BCUT2D eigenvalue weighted by molar-refractivity contribution is -0.137. The van der Waals surface area contributed by atoms with Gasteiger partial charge in [0, 0.05) is 25.7 Å². The second-order valence-corrected chi connectivity index (χ2v) is 7.23. The largest absolute Gasteiger partial charge is 0.442 e. The van der Waals surface area contributed by atoms with Gasteiger partial charge in [0.15, 0.2) is 0 Å². The van der Waals surface area contributed by atoms with Crippen LogP contribution in [0.15, 0.2) is 24.3 Å². The first-order valence-electron chi connectivity index (χ1n) is 8.79. The molecule has 1 saturated carbocycles. The van der Waals surface area contributed by atoms with Crippen LogP contribution in [-0.2, 0) is 17.5 Å². The summed E-state index contributed by atoms with van der Waals surface area (Å²) < 4.78 is 44.1. The highest BCUT2D eigenvalue weighted by Crippen LogP contribution is 2.35. The number of halogens is 3. The van der Waals surface area contributed by atoms with Crippen LogP contribution in [0.25, 0.3) is 0 Å². The van der Waals surface area contributed by atoms with Gasteiger partial charge in [-0.3, -0.25) is 9.80 Å². The molecule has 1 aromatic rings. The Morgan fingerprint density at radius 1 is 1.16 bits per heavy atom. The van der Waals surface area contributed by atoms with Gasteiger partial charge in [-0.1, -0.05) is 31.0 Å². The van der Waals surface area contributed by atoms with Crippen molar-refractivity contribution in [2.45, 2.75) is 56.6 Å². The van der Waals surface area contributed by atoms with Gasteiger partial charge >= 0.3 is 12.3 Å². The third-order valence-electron chi connectivity index (χ3n) is 5.51. The molecule has 1 aliphatic carbocycles. The number of likely N-dealkylation sites (tertiary alicyclic amines) is 1.